The smallest absolute Gasteiger partial charge is 0.225 e. The summed E-state index contributed by atoms with van der Waals surface area (Å²) in [6, 6.07) is 2.00. The minimum atomic E-state index is -0.150. The highest BCUT2D eigenvalue weighted by molar-refractivity contribution is 7.99. The van der Waals surface area contributed by atoms with Crippen molar-refractivity contribution < 1.29 is 0 Å². The van der Waals surface area contributed by atoms with Crippen LogP contribution in [-0.4, -0.2) is 39.3 Å². The molecule has 144 valence electrons. The van der Waals surface area contributed by atoms with Crippen molar-refractivity contribution in [1.82, 2.24) is 20.3 Å². The molecule has 0 saturated carbocycles. The van der Waals surface area contributed by atoms with E-state index in [-0.39, 0.29) is 35.9 Å². The van der Waals surface area contributed by atoms with Crippen LogP contribution in [0.3, 0.4) is 0 Å². The molecule has 3 atom stereocenters. The monoisotopic (exact) mass is 434 g/mol. The summed E-state index contributed by atoms with van der Waals surface area (Å²) in [6.07, 6.45) is 3.84. The number of rotatable bonds is 3. The van der Waals surface area contributed by atoms with Crippen molar-refractivity contribution in [1.29, 1.82) is 0 Å². The normalized spacial score (nSPS) is 27.6. The van der Waals surface area contributed by atoms with E-state index in [4.69, 9.17) is 10.7 Å². The molecule has 0 aliphatic carbocycles. The summed E-state index contributed by atoms with van der Waals surface area (Å²) < 4.78 is 0. The molecule has 6 nitrogen and oxygen atoms in total. The predicted molar refractivity (Wildman–Crippen MR) is 114 cm³/mol. The van der Waals surface area contributed by atoms with Crippen LogP contribution >= 0.6 is 47.9 Å². The topological polar surface area (TPSA) is 80.0 Å². The van der Waals surface area contributed by atoms with Gasteiger partial charge in [-0.2, -0.15) is 0 Å². The first-order chi connectivity index (χ1) is 11.6. The molecule has 0 bridgehead atoms. The van der Waals surface area contributed by atoms with E-state index in [1.54, 1.807) is 23.1 Å². The molecule has 1 unspecified atom stereocenters. The second-order valence-electron chi connectivity index (χ2n) is 6.75. The van der Waals surface area contributed by atoms with Gasteiger partial charge < -0.3 is 10.6 Å². The first-order valence-corrected chi connectivity index (χ1v) is 10.1. The van der Waals surface area contributed by atoms with Gasteiger partial charge in [-0.15, -0.1) is 47.9 Å². The second-order valence-corrected chi connectivity index (χ2v) is 8.81. The Morgan fingerprint density at radius 1 is 1.38 bits per heavy atom. The Kier molecular flexibility index (Phi) is 7.15. The van der Waals surface area contributed by atoms with Crippen LogP contribution in [0.15, 0.2) is 24.0 Å². The van der Waals surface area contributed by atoms with Gasteiger partial charge in [-0.3, -0.25) is 10.3 Å². The molecule has 2 aromatic heterocycles. The lowest BCUT2D eigenvalue weighted by atomic mass is 9.87. The third-order valence-electron chi connectivity index (χ3n) is 4.87. The van der Waals surface area contributed by atoms with Crippen LogP contribution < -0.4 is 16.0 Å². The lowest BCUT2D eigenvalue weighted by Gasteiger charge is -2.41. The SMILES string of the molecule is CC(C)c1ccnc(N2C[C@H]3CSC(N)N[C@@]3(c3cncs3)C2)n1.Cl.Cl. The van der Waals surface area contributed by atoms with E-state index < -0.39 is 0 Å². The van der Waals surface area contributed by atoms with E-state index in [0.29, 0.717) is 11.8 Å². The molecular weight excluding hydrogens is 411 g/mol. The molecule has 4 heterocycles. The maximum atomic E-state index is 6.22. The van der Waals surface area contributed by atoms with Crippen molar-refractivity contribution in [3.63, 3.8) is 0 Å². The average Bonchev–Trinajstić information content (AvgIpc) is 3.22. The Labute approximate surface area is 174 Å². The van der Waals surface area contributed by atoms with Gasteiger partial charge in [0.2, 0.25) is 5.95 Å². The Balaban J connectivity index is 0.00000121. The summed E-state index contributed by atoms with van der Waals surface area (Å²) in [5, 5.41) is 3.65. The minimum Gasteiger partial charge on any atom is -0.338 e. The summed E-state index contributed by atoms with van der Waals surface area (Å²) in [5.41, 5.74) is 9.00. The van der Waals surface area contributed by atoms with Gasteiger partial charge >= 0.3 is 0 Å². The fraction of sp³-hybridized carbons (Fsp3) is 0.562. The minimum absolute atomic E-state index is 0. The van der Waals surface area contributed by atoms with Crippen LogP contribution in [0, 0.1) is 5.92 Å². The van der Waals surface area contributed by atoms with Gasteiger partial charge in [0.25, 0.3) is 0 Å². The largest absolute Gasteiger partial charge is 0.338 e. The van der Waals surface area contributed by atoms with E-state index in [2.05, 4.69) is 34.0 Å². The molecular formula is C16H24Cl2N6S2. The third kappa shape index (κ3) is 3.81. The van der Waals surface area contributed by atoms with Gasteiger partial charge in [0.1, 0.15) is 5.50 Å². The highest BCUT2D eigenvalue weighted by Crippen LogP contribution is 2.44. The second kappa shape index (κ2) is 8.58. The summed E-state index contributed by atoms with van der Waals surface area (Å²) in [4.78, 5) is 17.2. The van der Waals surface area contributed by atoms with Gasteiger partial charge in [0.15, 0.2) is 0 Å². The van der Waals surface area contributed by atoms with E-state index in [9.17, 15) is 0 Å². The number of hydrogen-bond donors (Lipinski definition) is 2. The average molecular weight is 435 g/mol. The number of anilines is 1. The van der Waals surface area contributed by atoms with Crippen LogP contribution in [0.5, 0.6) is 0 Å². The van der Waals surface area contributed by atoms with Crippen LogP contribution in [0.4, 0.5) is 5.95 Å². The summed E-state index contributed by atoms with van der Waals surface area (Å²) in [6.45, 7) is 6.08. The van der Waals surface area contributed by atoms with Crippen molar-refractivity contribution in [3.8, 4) is 0 Å². The van der Waals surface area contributed by atoms with Crippen LogP contribution in [0.2, 0.25) is 0 Å². The first kappa shape index (κ1) is 21.7. The highest BCUT2D eigenvalue weighted by atomic mass is 35.5. The molecule has 10 heteroatoms. The predicted octanol–water partition coefficient (Wildman–Crippen LogP) is 2.81. The number of fused-ring (bicyclic) bond motifs is 1. The van der Waals surface area contributed by atoms with E-state index in [0.717, 1.165) is 30.5 Å². The number of aromatic nitrogens is 3. The number of thioether (sulfide) groups is 1. The lowest BCUT2D eigenvalue weighted by molar-refractivity contribution is 0.279. The number of nitrogens with two attached hydrogens (primary N) is 1. The van der Waals surface area contributed by atoms with Crippen molar-refractivity contribution in [2.45, 2.75) is 30.8 Å². The Hall–Kier alpha value is -0.640. The van der Waals surface area contributed by atoms with Crippen LogP contribution in [0.1, 0.15) is 30.3 Å². The molecule has 2 saturated heterocycles. The third-order valence-corrected chi connectivity index (χ3v) is 6.89. The molecule has 2 aromatic rings. The fourth-order valence-electron chi connectivity index (χ4n) is 3.56. The molecule has 4 rings (SSSR count). The Morgan fingerprint density at radius 2 is 2.19 bits per heavy atom. The summed E-state index contributed by atoms with van der Waals surface area (Å²) in [5.74, 6) is 2.72. The molecule has 0 radical (unpaired) electrons. The zero-order valence-electron chi connectivity index (χ0n) is 14.7. The number of nitrogens with one attached hydrogen (secondary N) is 1. The molecule has 0 spiro atoms. The molecule has 2 fully saturated rings. The van der Waals surface area contributed by atoms with Crippen LogP contribution in [-0.2, 0) is 5.54 Å². The molecule has 0 amide bonds. The zero-order valence-corrected chi connectivity index (χ0v) is 17.9. The van der Waals surface area contributed by atoms with E-state index in [1.807, 2.05) is 24.0 Å². The number of nitrogens with zero attached hydrogens (tertiary/aromatic N) is 4. The summed E-state index contributed by atoms with van der Waals surface area (Å²) >= 11 is 3.48. The quantitative estimate of drug-likeness (QED) is 0.768. The zero-order chi connectivity index (χ0) is 16.7. The number of halogens is 2. The molecule has 2 aliphatic rings. The van der Waals surface area contributed by atoms with Gasteiger partial charge in [0.05, 0.1) is 11.0 Å². The van der Waals surface area contributed by atoms with Gasteiger partial charge in [-0.25, -0.2) is 9.97 Å². The maximum absolute atomic E-state index is 6.22. The molecule has 0 aromatic carbocycles. The summed E-state index contributed by atoms with van der Waals surface area (Å²) in [7, 11) is 0. The van der Waals surface area contributed by atoms with Crippen molar-refractivity contribution in [2.75, 3.05) is 23.7 Å². The maximum Gasteiger partial charge on any atom is 0.225 e. The number of hydrogen-bond acceptors (Lipinski definition) is 8. The van der Waals surface area contributed by atoms with Gasteiger partial charge in [-0.1, -0.05) is 13.8 Å². The van der Waals surface area contributed by atoms with Gasteiger partial charge in [0, 0.05) is 47.7 Å². The van der Waals surface area contributed by atoms with E-state index >= 15 is 0 Å². The van der Waals surface area contributed by atoms with Gasteiger partial charge in [-0.05, 0) is 12.0 Å². The molecule has 3 N–H and O–H groups in total. The van der Waals surface area contributed by atoms with E-state index in [1.165, 1.54) is 4.88 Å². The van der Waals surface area contributed by atoms with Crippen LogP contribution in [0.25, 0.3) is 0 Å². The Morgan fingerprint density at radius 3 is 2.88 bits per heavy atom. The standard InChI is InChI=1S/C16H22N6S2.2ClH/c1-10(2)12-3-4-19-15(20-12)22-6-11-7-23-14(17)21-16(11,8-22)13-5-18-9-24-13;;/h3-5,9-11,14,21H,6-8,17H2,1-2H3;2*1H/t11-,14?,16-;;/m0../s1. The van der Waals surface area contributed by atoms with Crippen molar-refractivity contribution >= 4 is 53.9 Å². The fourth-order valence-corrected chi connectivity index (χ4v) is 5.55. The molecule has 2 aliphatic heterocycles. The van der Waals surface area contributed by atoms with Crippen molar-refractivity contribution in [3.05, 3.63) is 34.5 Å². The lowest BCUT2D eigenvalue weighted by Crippen LogP contribution is -2.58. The Bertz CT molecular complexity index is 717. The first-order valence-electron chi connectivity index (χ1n) is 8.20. The number of thiazole rings is 1. The molecule has 26 heavy (non-hydrogen) atoms. The highest BCUT2D eigenvalue weighted by Gasteiger charge is 2.52. The van der Waals surface area contributed by atoms with Crippen molar-refractivity contribution in [2.24, 2.45) is 11.7 Å².